The fourth-order valence-corrected chi connectivity index (χ4v) is 5.61. The number of carbonyl (C=O) groups excluding carboxylic acids is 1. The Hall–Kier alpha value is -2.97. The van der Waals surface area contributed by atoms with Crippen LogP contribution in [-0.4, -0.2) is 33.2 Å². The van der Waals surface area contributed by atoms with E-state index in [-0.39, 0.29) is 22.6 Å². The third-order valence-electron chi connectivity index (χ3n) is 5.06. The molecule has 33 heavy (non-hydrogen) atoms. The number of rotatable bonds is 10. The lowest BCUT2D eigenvalue weighted by atomic mass is 10.2. The van der Waals surface area contributed by atoms with Crippen molar-refractivity contribution < 1.29 is 17.9 Å². The molecular weight excluding hydrogens is 456 g/mol. The van der Waals surface area contributed by atoms with Gasteiger partial charge in [0.2, 0.25) is 5.91 Å². The van der Waals surface area contributed by atoms with Gasteiger partial charge in [-0.1, -0.05) is 48.5 Å². The van der Waals surface area contributed by atoms with Crippen molar-refractivity contribution in [2.75, 3.05) is 23.3 Å². The fourth-order valence-electron chi connectivity index (χ4n) is 3.26. The van der Waals surface area contributed by atoms with Crippen LogP contribution in [0.15, 0.2) is 83.8 Å². The maximum Gasteiger partial charge on any atom is 0.264 e. The quantitative estimate of drug-likeness (QED) is 0.430. The van der Waals surface area contributed by atoms with Gasteiger partial charge in [-0.05, 0) is 49.7 Å². The Bertz CT molecular complexity index is 1170. The van der Waals surface area contributed by atoms with Crippen LogP contribution >= 0.6 is 11.8 Å². The van der Waals surface area contributed by atoms with Crippen LogP contribution in [0.1, 0.15) is 19.4 Å². The van der Waals surface area contributed by atoms with Gasteiger partial charge in [0.1, 0.15) is 5.75 Å². The zero-order chi connectivity index (χ0) is 23.8. The summed E-state index contributed by atoms with van der Waals surface area (Å²) in [5.41, 5.74) is 2.03. The predicted octanol–water partition coefficient (Wildman–Crippen LogP) is 5.17. The number of benzene rings is 3. The molecular formula is C25H28N2O4S2. The number of anilines is 2. The lowest BCUT2D eigenvalue weighted by Crippen LogP contribution is -2.31. The highest BCUT2D eigenvalue weighted by atomic mass is 32.2. The van der Waals surface area contributed by atoms with Crippen molar-refractivity contribution in [1.82, 2.24) is 0 Å². The molecule has 0 saturated heterocycles. The fraction of sp³-hybridized carbons (Fsp3) is 0.240. The number of nitrogens with zero attached hydrogens (tertiary/aromatic N) is 1. The summed E-state index contributed by atoms with van der Waals surface area (Å²) < 4.78 is 33.4. The molecule has 3 rings (SSSR count). The second kappa shape index (κ2) is 11.2. The van der Waals surface area contributed by atoms with Gasteiger partial charge in [0.15, 0.2) is 0 Å². The number of carbonyl (C=O) groups is 1. The Balaban J connectivity index is 1.80. The molecule has 1 amide bonds. The molecule has 0 bridgehead atoms. The molecule has 8 heteroatoms. The number of nitrogens with one attached hydrogen (secondary N) is 1. The Morgan fingerprint density at radius 2 is 1.67 bits per heavy atom. The number of para-hydroxylation sites is 1. The monoisotopic (exact) mass is 484 g/mol. The Morgan fingerprint density at radius 1 is 1.03 bits per heavy atom. The van der Waals surface area contributed by atoms with Gasteiger partial charge in [-0.2, -0.15) is 0 Å². The van der Waals surface area contributed by atoms with E-state index < -0.39 is 10.0 Å². The van der Waals surface area contributed by atoms with Crippen molar-refractivity contribution in [3.63, 3.8) is 0 Å². The first-order chi connectivity index (χ1) is 15.9. The minimum atomic E-state index is -3.83. The van der Waals surface area contributed by atoms with Crippen molar-refractivity contribution in [3.8, 4) is 5.75 Å². The van der Waals surface area contributed by atoms with Gasteiger partial charge in [0, 0.05) is 12.3 Å². The molecule has 0 saturated carbocycles. The molecule has 0 heterocycles. The summed E-state index contributed by atoms with van der Waals surface area (Å²) in [5, 5.41) is 2.50. The minimum absolute atomic E-state index is 0.0777. The lowest BCUT2D eigenvalue weighted by molar-refractivity contribution is -0.115. The van der Waals surface area contributed by atoms with Gasteiger partial charge in [-0.3, -0.25) is 9.10 Å². The molecule has 0 fully saturated rings. The van der Waals surface area contributed by atoms with Crippen LogP contribution < -0.4 is 14.4 Å². The molecule has 0 spiro atoms. The van der Waals surface area contributed by atoms with Crippen LogP contribution in [0.25, 0.3) is 0 Å². The first-order valence-corrected chi connectivity index (χ1v) is 13.1. The first-order valence-electron chi connectivity index (χ1n) is 10.6. The van der Waals surface area contributed by atoms with E-state index in [2.05, 4.69) is 5.32 Å². The third kappa shape index (κ3) is 6.09. The van der Waals surface area contributed by atoms with E-state index in [0.29, 0.717) is 22.9 Å². The summed E-state index contributed by atoms with van der Waals surface area (Å²) in [6.07, 6.45) is 0. The van der Waals surface area contributed by atoms with Crippen LogP contribution in [0.3, 0.4) is 0 Å². The topological polar surface area (TPSA) is 75.7 Å². The van der Waals surface area contributed by atoms with Crippen molar-refractivity contribution in [1.29, 1.82) is 0 Å². The van der Waals surface area contributed by atoms with E-state index in [1.165, 1.54) is 35.3 Å². The highest BCUT2D eigenvalue weighted by Crippen LogP contribution is 2.31. The van der Waals surface area contributed by atoms with Gasteiger partial charge >= 0.3 is 0 Å². The number of methoxy groups -OCH3 is 1. The zero-order valence-corrected chi connectivity index (χ0v) is 20.5. The number of amides is 1. The lowest BCUT2D eigenvalue weighted by Gasteiger charge is -2.23. The highest BCUT2D eigenvalue weighted by Gasteiger charge is 2.25. The number of ether oxygens (including phenoxy) is 1. The van der Waals surface area contributed by atoms with Crippen molar-refractivity contribution in [2.45, 2.75) is 29.7 Å². The highest BCUT2D eigenvalue weighted by molar-refractivity contribution is 7.99. The van der Waals surface area contributed by atoms with Gasteiger partial charge in [-0.25, -0.2) is 8.42 Å². The van der Waals surface area contributed by atoms with Crippen LogP contribution in [-0.2, 0) is 20.6 Å². The molecule has 0 aliphatic rings. The molecule has 1 N–H and O–H groups in total. The number of hydrogen-bond acceptors (Lipinski definition) is 5. The Labute approximate surface area is 200 Å². The number of thioether (sulfide) groups is 1. The van der Waals surface area contributed by atoms with Crippen LogP contribution in [0.2, 0.25) is 0 Å². The second-order valence-electron chi connectivity index (χ2n) is 7.30. The Kier molecular flexibility index (Phi) is 8.41. The molecule has 1 unspecified atom stereocenters. The SMILES string of the molecule is CCN(c1ccccc1)S(=O)(=O)c1ccc(OC)c(NC(=O)C(C)SCc2ccccc2)c1. The molecule has 0 aliphatic carbocycles. The maximum atomic E-state index is 13.4. The summed E-state index contributed by atoms with van der Waals surface area (Å²) >= 11 is 1.51. The predicted molar refractivity (Wildman–Crippen MR) is 135 cm³/mol. The van der Waals surface area contributed by atoms with E-state index in [1.807, 2.05) is 43.3 Å². The van der Waals surface area contributed by atoms with Crippen LogP contribution in [0.5, 0.6) is 5.75 Å². The van der Waals surface area contributed by atoms with Crippen molar-refractivity contribution in [3.05, 3.63) is 84.4 Å². The van der Waals surface area contributed by atoms with Gasteiger partial charge in [0.05, 0.1) is 28.6 Å². The van der Waals surface area contributed by atoms with Gasteiger partial charge < -0.3 is 10.1 Å². The van der Waals surface area contributed by atoms with Crippen molar-refractivity contribution in [2.24, 2.45) is 0 Å². The average Bonchev–Trinajstić information content (AvgIpc) is 2.84. The van der Waals surface area contributed by atoms with Crippen LogP contribution in [0.4, 0.5) is 11.4 Å². The summed E-state index contributed by atoms with van der Waals surface area (Å²) in [6.45, 7) is 3.87. The molecule has 3 aromatic rings. The standard InChI is InChI=1S/C25H28N2O4S2/c1-4-27(21-13-9-6-10-14-21)33(29,30)22-15-16-24(31-3)23(17-22)26-25(28)19(2)32-18-20-11-7-5-8-12-20/h5-17,19H,4,18H2,1-3H3,(H,26,28). The normalized spacial score (nSPS) is 12.1. The summed E-state index contributed by atoms with van der Waals surface area (Å²) in [5.74, 6) is 0.869. The van der Waals surface area contributed by atoms with Crippen LogP contribution in [0, 0.1) is 0 Å². The van der Waals surface area contributed by atoms with Gasteiger partial charge in [-0.15, -0.1) is 11.8 Å². The van der Waals surface area contributed by atoms with E-state index in [1.54, 1.807) is 37.3 Å². The van der Waals surface area contributed by atoms with E-state index in [9.17, 15) is 13.2 Å². The molecule has 0 aromatic heterocycles. The summed E-state index contributed by atoms with van der Waals surface area (Å²) in [7, 11) is -2.35. The number of sulfonamides is 1. The summed E-state index contributed by atoms with van der Waals surface area (Å²) in [6, 6.07) is 23.3. The van der Waals surface area contributed by atoms with E-state index in [0.717, 1.165) is 5.56 Å². The average molecular weight is 485 g/mol. The molecule has 174 valence electrons. The Morgan fingerprint density at radius 3 is 2.27 bits per heavy atom. The molecule has 0 radical (unpaired) electrons. The minimum Gasteiger partial charge on any atom is -0.495 e. The van der Waals surface area contributed by atoms with E-state index in [4.69, 9.17) is 4.74 Å². The maximum absolute atomic E-state index is 13.4. The number of hydrogen-bond donors (Lipinski definition) is 1. The smallest absolute Gasteiger partial charge is 0.264 e. The first kappa shape index (κ1) is 24.7. The molecule has 1 atom stereocenters. The van der Waals surface area contributed by atoms with Gasteiger partial charge in [0.25, 0.3) is 10.0 Å². The molecule has 0 aliphatic heterocycles. The molecule has 6 nitrogen and oxygen atoms in total. The molecule has 3 aromatic carbocycles. The second-order valence-corrected chi connectivity index (χ2v) is 10.5. The van der Waals surface area contributed by atoms with Crippen molar-refractivity contribution >= 4 is 39.1 Å². The zero-order valence-electron chi connectivity index (χ0n) is 18.9. The third-order valence-corrected chi connectivity index (χ3v) is 8.17. The summed E-state index contributed by atoms with van der Waals surface area (Å²) in [4.78, 5) is 12.9. The largest absolute Gasteiger partial charge is 0.495 e. The van der Waals surface area contributed by atoms with E-state index >= 15 is 0 Å².